The molecule has 0 amide bonds. The molecular formula is C16H18ClNO3. The highest BCUT2D eigenvalue weighted by Crippen LogP contribution is 2.26. The zero-order valence-electron chi connectivity index (χ0n) is 12.2. The summed E-state index contributed by atoms with van der Waals surface area (Å²) in [7, 11) is 0. The Labute approximate surface area is 128 Å². The number of aryl methyl sites for hydroxylation is 1. The predicted molar refractivity (Wildman–Crippen MR) is 82.9 cm³/mol. The average molecular weight is 308 g/mol. The van der Waals surface area contributed by atoms with Crippen molar-refractivity contribution in [3.63, 3.8) is 0 Å². The Morgan fingerprint density at radius 1 is 1.38 bits per heavy atom. The summed E-state index contributed by atoms with van der Waals surface area (Å²) in [6.07, 6.45) is 0.218. The van der Waals surface area contributed by atoms with Gasteiger partial charge in [-0.25, -0.2) is 4.79 Å². The fourth-order valence-corrected chi connectivity index (χ4v) is 2.92. The van der Waals surface area contributed by atoms with E-state index in [2.05, 4.69) is 11.8 Å². The van der Waals surface area contributed by atoms with E-state index in [1.165, 1.54) is 0 Å². The Kier molecular flexibility index (Phi) is 4.02. The molecule has 1 fully saturated rings. The van der Waals surface area contributed by atoms with E-state index in [9.17, 15) is 4.79 Å². The number of morpholine rings is 1. The van der Waals surface area contributed by atoms with Gasteiger partial charge < -0.3 is 9.15 Å². The number of hydrogen-bond acceptors (Lipinski definition) is 4. The molecule has 112 valence electrons. The third kappa shape index (κ3) is 3.12. The van der Waals surface area contributed by atoms with E-state index in [1.807, 2.05) is 19.1 Å². The monoisotopic (exact) mass is 307 g/mol. The molecule has 0 radical (unpaired) electrons. The molecule has 2 heterocycles. The van der Waals surface area contributed by atoms with Crippen molar-refractivity contribution in [1.29, 1.82) is 0 Å². The lowest BCUT2D eigenvalue weighted by molar-refractivity contribution is -0.0211. The number of halogens is 1. The molecule has 0 N–H and O–H groups in total. The minimum absolute atomic E-state index is 0.218. The molecular weight excluding hydrogens is 290 g/mol. The van der Waals surface area contributed by atoms with Gasteiger partial charge in [0.1, 0.15) is 5.58 Å². The maximum atomic E-state index is 11.8. The molecule has 1 aliphatic rings. The number of benzene rings is 1. The lowest BCUT2D eigenvalue weighted by Gasteiger charge is -2.31. The van der Waals surface area contributed by atoms with Gasteiger partial charge >= 0.3 is 5.63 Å². The fraction of sp³-hybridized carbons (Fsp3) is 0.438. The van der Waals surface area contributed by atoms with Gasteiger partial charge in [0.05, 0.1) is 12.7 Å². The SMILES string of the molecule is Cc1cc2oc(=O)cc(CN3CCOC(C)C3)c2cc1Cl. The van der Waals surface area contributed by atoms with Crippen LogP contribution in [-0.2, 0) is 11.3 Å². The summed E-state index contributed by atoms with van der Waals surface area (Å²) in [5, 5.41) is 1.59. The molecule has 5 heteroatoms. The van der Waals surface area contributed by atoms with Gasteiger partial charge in [-0.1, -0.05) is 11.6 Å². The van der Waals surface area contributed by atoms with Gasteiger partial charge in [0.2, 0.25) is 0 Å². The highest BCUT2D eigenvalue weighted by atomic mass is 35.5. The Morgan fingerprint density at radius 2 is 2.19 bits per heavy atom. The van der Waals surface area contributed by atoms with Gasteiger partial charge in [0.25, 0.3) is 0 Å². The van der Waals surface area contributed by atoms with Crippen LogP contribution >= 0.6 is 11.6 Å². The first-order valence-corrected chi connectivity index (χ1v) is 7.47. The summed E-state index contributed by atoms with van der Waals surface area (Å²) in [5.41, 5.74) is 2.14. The first-order chi connectivity index (χ1) is 10.0. The van der Waals surface area contributed by atoms with Crippen molar-refractivity contribution >= 4 is 22.6 Å². The van der Waals surface area contributed by atoms with Gasteiger partial charge in [0, 0.05) is 36.1 Å². The number of nitrogens with zero attached hydrogens (tertiary/aromatic N) is 1. The topological polar surface area (TPSA) is 42.7 Å². The van der Waals surface area contributed by atoms with Gasteiger partial charge in [-0.2, -0.15) is 0 Å². The minimum Gasteiger partial charge on any atom is -0.423 e. The molecule has 1 aromatic heterocycles. The lowest BCUT2D eigenvalue weighted by atomic mass is 10.1. The summed E-state index contributed by atoms with van der Waals surface area (Å²) < 4.78 is 10.8. The standard InChI is InChI=1S/C16H18ClNO3/c1-10-5-15-13(7-14(10)17)12(6-16(19)21-15)9-18-3-4-20-11(2)8-18/h5-7,11H,3-4,8-9H2,1-2H3. The van der Waals surface area contributed by atoms with E-state index in [0.29, 0.717) is 17.2 Å². The Hall–Kier alpha value is -1.36. The van der Waals surface area contributed by atoms with Crippen molar-refractivity contribution in [3.8, 4) is 0 Å². The Bertz CT molecular complexity index is 725. The van der Waals surface area contributed by atoms with Crippen molar-refractivity contribution in [1.82, 2.24) is 4.90 Å². The van der Waals surface area contributed by atoms with Crippen LogP contribution < -0.4 is 5.63 Å². The third-order valence-electron chi connectivity index (χ3n) is 3.83. The second-order valence-electron chi connectivity index (χ2n) is 5.60. The van der Waals surface area contributed by atoms with Crippen LogP contribution in [0.4, 0.5) is 0 Å². The largest absolute Gasteiger partial charge is 0.423 e. The van der Waals surface area contributed by atoms with Crippen LogP contribution in [0.25, 0.3) is 11.0 Å². The second kappa shape index (κ2) is 5.79. The highest BCUT2D eigenvalue weighted by molar-refractivity contribution is 6.32. The molecule has 1 aromatic carbocycles. The highest BCUT2D eigenvalue weighted by Gasteiger charge is 2.18. The molecule has 2 aromatic rings. The summed E-state index contributed by atoms with van der Waals surface area (Å²) in [5.74, 6) is 0. The summed E-state index contributed by atoms with van der Waals surface area (Å²) >= 11 is 6.21. The van der Waals surface area contributed by atoms with Crippen molar-refractivity contribution in [3.05, 3.63) is 44.8 Å². The maximum absolute atomic E-state index is 11.8. The van der Waals surface area contributed by atoms with Crippen LogP contribution in [0.15, 0.2) is 27.4 Å². The number of hydrogen-bond donors (Lipinski definition) is 0. The maximum Gasteiger partial charge on any atom is 0.336 e. The van der Waals surface area contributed by atoms with Gasteiger partial charge in [-0.3, -0.25) is 4.90 Å². The lowest BCUT2D eigenvalue weighted by Crippen LogP contribution is -2.40. The van der Waals surface area contributed by atoms with Crippen molar-refractivity contribution in [2.45, 2.75) is 26.5 Å². The summed E-state index contributed by atoms with van der Waals surface area (Å²) in [6, 6.07) is 5.27. The van der Waals surface area contributed by atoms with E-state index >= 15 is 0 Å². The Morgan fingerprint density at radius 3 is 2.95 bits per heavy atom. The zero-order chi connectivity index (χ0) is 15.0. The zero-order valence-corrected chi connectivity index (χ0v) is 12.9. The molecule has 21 heavy (non-hydrogen) atoms. The predicted octanol–water partition coefficient (Wildman–Crippen LogP) is 2.98. The average Bonchev–Trinajstić information content (AvgIpc) is 2.41. The van der Waals surface area contributed by atoms with Crippen molar-refractivity contribution in [2.75, 3.05) is 19.7 Å². The normalized spacial score (nSPS) is 20.0. The van der Waals surface area contributed by atoms with Crippen molar-refractivity contribution in [2.24, 2.45) is 0 Å². The number of ether oxygens (including phenoxy) is 1. The number of fused-ring (bicyclic) bond motifs is 1. The molecule has 0 aliphatic carbocycles. The molecule has 1 atom stereocenters. The van der Waals surface area contributed by atoms with Crippen LogP contribution in [-0.4, -0.2) is 30.7 Å². The molecule has 4 nitrogen and oxygen atoms in total. The molecule has 0 spiro atoms. The minimum atomic E-state index is -0.319. The second-order valence-corrected chi connectivity index (χ2v) is 6.01. The van der Waals surface area contributed by atoms with E-state index < -0.39 is 0 Å². The van der Waals surface area contributed by atoms with Crippen LogP contribution in [0.1, 0.15) is 18.1 Å². The van der Waals surface area contributed by atoms with Gasteiger partial charge in [0.15, 0.2) is 0 Å². The van der Waals surface area contributed by atoms with Gasteiger partial charge in [-0.05, 0) is 37.1 Å². The smallest absolute Gasteiger partial charge is 0.336 e. The van der Waals surface area contributed by atoms with E-state index in [0.717, 1.165) is 36.2 Å². The van der Waals surface area contributed by atoms with E-state index in [-0.39, 0.29) is 11.7 Å². The third-order valence-corrected chi connectivity index (χ3v) is 4.24. The molecule has 0 bridgehead atoms. The Balaban J connectivity index is 2.00. The number of rotatable bonds is 2. The quantitative estimate of drug-likeness (QED) is 0.800. The summed E-state index contributed by atoms with van der Waals surface area (Å²) in [4.78, 5) is 14.1. The fourth-order valence-electron chi connectivity index (χ4n) is 2.75. The van der Waals surface area contributed by atoms with E-state index in [1.54, 1.807) is 6.07 Å². The van der Waals surface area contributed by atoms with Crippen LogP contribution in [0.2, 0.25) is 5.02 Å². The molecule has 1 saturated heterocycles. The van der Waals surface area contributed by atoms with Crippen LogP contribution in [0.5, 0.6) is 0 Å². The molecule has 1 unspecified atom stereocenters. The molecule has 3 rings (SSSR count). The van der Waals surface area contributed by atoms with Gasteiger partial charge in [-0.15, -0.1) is 0 Å². The summed E-state index contributed by atoms with van der Waals surface area (Å²) in [6.45, 7) is 7.12. The first-order valence-electron chi connectivity index (χ1n) is 7.10. The molecule has 1 aliphatic heterocycles. The van der Waals surface area contributed by atoms with Crippen LogP contribution in [0, 0.1) is 6.92 Å². The van der Waals surface area contributed by atoms with Crippen molar-refractivity contribution < 1.29 is 9.15 Å². The van der Waals surface area contributed by atoms with E-state index in [4.69, 9.17) is 20.8 Å². The molecule has 0 saturated carbocycles. The first kappa shape index (κ1) is 14.6. The van der Waals surface area contributed by atoms with Crippen LogP contribution in [0.3, 0.4) is 0 Å².